The van der Waals surface area contributed by atoms with Gasteiger partial charge in [-0.2, -0.15) is 0 Å². The number of para-hydroxylation sites is 1. The standard InChI is InChI=1S/C19H19ClN2O5/c1-11(17(24)21-15-9-5-4-8-14(15)20)27-16(23)10-22-18(25)12-6-2-3-7-13(12)19(22)26/h2-5,8-9,11-13H,6-7,10H2,1H3,(H,21,24)/t11-,12-,13-/m0/s1. The summed E-state index contributed by atoms with van der Waals surface area (Å²) in [6, 6.07) is 6.66. The fourth-order valence-electron chi connectivity index (χ4n) is 3.24. The molecule has 1 aromatic carbocycles. The molecule has 1 aliphatic heterocycles. The minimum absolute atomic E-state index is 0.355. The largest absolute Gasteiger partial charge is 0.451 e. The molecule has 1 saturated heterocycles. The van der Waals surface area contributed by atoms with Gasteiger partial charge in [0, 0.05) is 0 Å². The average molecular weight is 391 g/mol. The maximum Gasteiger partial charge on any atom is 0.326 e. The van der Waals surface area contributed by atoms with E-state index in [1.807, 2.05) is 12.2 Å². The van der Waals surface area contributed by atoms with E-state index in [1.165, 1.54) is 6.92 Å². The summed E-state index contributed by atoms with van der Waals surface area (Å²) in [4.78, 5) is 49.9. The average Bonchev–Trinajstić information content (AvgIpc) is 2.89. The Morgan fingerprint density at radius 1 is 1.19 bits per heavy atom. The maximum absolute atomic E-state index is 12.4. The van der Waals surface area contributed by atoms with Crippen LogP contribution in [0.15, 0.2) is 36.4 Å². The number of fused-ring (bicyclic) bond motifs is 1. The van der Waals surface area contributed by atoms with Gasteiger partial charge in [0.1, 0.15) is 6.54 Å². The molecule has 142 valence electrons. The topological polar surface area (TPSA) is 92.8 Å². The molecular formula is C19H19ClN2O5. The number of amides is 3. The summed E-state index contributed by atoms with van der Waals surface area (Å²) in [5.41, 5.74) is 0.397. The first-order chi connectivity index (χ1) is 12.9. The highest BCUT2D eigenvalue weighted by Gasteiger charge is 2.47. The quantitative estimate of drug-likeness (QED) is 0.472. The second-order valence-corrected chi connectivity index (χ2v) is 6.93. The second kappa shape index (κ2) is 7.92. The van der Waals surface area contributed by atoms with Crippen LogP contribution in [0.3, 0.4) is 0 Å². The van der Waals surface area contributed by atoms with Gasteiger partial charge >= 0.3 is 5.97 Å². The van der Waals surface area contributed by atoms with E-state index in [0.717, 1.165) is 4.90 Å². The summed E-state index contributed by atoms with van der Waals surface area (Å²) in [5.74, 6) is -2.91. The fourth-order valence-corrected chi connectivity index (χ4v) is 3.42. The number of ether oxygens (including phenoxy) is 1. The van der Waals surface area contributed by atoms with Crippen molar-refractivity contribution in [3.8, 4) is 0 Å². The Labute approximate surface area is 161 Å². The van der Waals surface area contributed by atoms with Crippen molar-refractivity contribution in [2.24, 2.45) is 11.8 Å². The molecule has 3 amide bonds. The predicted molar refractivity (Wildman–Crippen MR) is 97.7 cm³/mol. The van der Waals surface area contributed by atoms with Crippen molar-refractivity contribution in [3.63, 3.8) is 0 Å². The van der Waals surface area contributed by atoms with E-state index in [9.17, 15) is 19.2 Å². The van der Waals surface area contributed by atoms with Crippen molar-refractivity contribution < 1.29 is 23.9 Å². The first kappa shape index (κ1) is 19.1. The molecule has 0 radical (unpaired) electrons. The van der Waals surface area contributed by atoms with Gasteiger partial charge in [-0.05, 0) is 31.9 Å². The van der Waals surface area contributed by atoms with Gasteiger partial charge in [-0.3, -0.25) is 24.1 Å². The highest BCUT2D eigenvalue weighted by molar-refractivity contribution is 6.33. The molecule has 1 fully saturated rings. The number of anilines is 1. The molecule has 3 atom stereocenters. The van der Waals surface area contributed by atoms with E-state index >= 15 is 0 Å². The number of benzene rings is 1. The van der Waals surface area contributed by atoms with Crippen molar-refractivity contribution in [1.29, 1.82) is 0 Å². The number of rotatable bonds is 5. The van der Waals surface area contributed by atoms with E-state index in [-0.39, 0.29) is 11.8 Å². The highest BCUT2D eigenvalue weighted by Crippen LogP contribution is 2.34. The molecule has 2 aliphatic rings. The van der Waals surface area contributed by atoms with Gasteiger partial charge in [-0.15, -0.1) is 0 Å². The molecule has 0 spiro atoms. The molecule has 1 heterocycles. The first-order valence-corrected chi connectivity index (χ1v) is 9.01. The lowest BCUT2D eigenvalue weighted by molar-refractivity contribution is -0.158. The fraction of sp³-hybridized carbons (Fsp3) is 0.368. The number of likely N-dealkylation sites (tertiary alicyclic amines) is 1. The smallest absolute Gasteiger partial charge is 0.326 e. The van der Waals surface area contributed by atoms with E-state index in [0.29, 0.717) is 23.6 Å². The molecule has 1 aromatic rings. The zero-order valence-corrected chi connectivity index (χ0v) is 15.4. The number of nitrogens with zero attached hydrogens (tertiary/aromatic N) is 1. The van der Waals surface area contributed by atoms with E-state index < -0.39 is 36.4 Å². The highest BCUT2D eigenvalue weighted by atomic mass is 35.5. The Kier molecular flexibility index (Phi) is 5.60. The van der Waals surface area contributed by atoms with E-state index in [4.69, 9.17) is 16.3 Å². The maximum atomic E-state index is 12.4. The third-order valence-electron chi connectivity index (χ3n) is 4.70. The number of carbonyl (C=O) groups is 4. The van der Waals surface area contributed by atoms with Crippen molar-refractivity contribution >= 4 is 41.0 Å². The van der Waals surface area contributed by atoms with Gasteiger partial charge in [0.05, 0.1) is 22.5 Å². The molecule has 3 rings (SSSR count). The van der Waals surface area contributed by atoms with Crippen LogP contribution in [0.4, 0.5) is 5.69 Å². The van der Waals surface area contributed by atoms with Gasteiger partial charge in [0.2, 0.25) is 11.8 Å². The van der Waals surface area contributed by atoms with Crippen molar-refractivity contribution in [2.75, 3.05) is 11.9 Å². The van der Waals surface area contributed by atoms with Gasteiger partial charge in [0.15, 0.2) is 6.10 Å². The second-order valence-electron chi connectivity index (χ2n) is 6.52. The summed E-state index contributed by atoms with van der Waals surface area (Å²) in [7, 11) is 0. The number of imide groups is 1. The number of halogens is 1. The third kappa shape index (κ3) is 4.03. The molecular weight excluding hydrogens is 372 g/mol. The van der Waals surface area contributed by atoms with E-state index in [2.05, 4.69) is 5.32 Å². The number of nitrogens with one attached hydrogen (secondary N) is 1. The molecule has 0 saturated carbocycles. The molecule has 0 aromatic heterocycles. The predicted octanol–water partition coefficient (Wildman–Crippen LogP) is 2.16. The van der Waals surface area contributed by atoms with Crippen LogP contribution in [0.25, 0.3) is 0 Å². The van der Waals surface area contributed by atoms with Gasteiger partial charge in [-0.1, -0.05) is 35.9 Å². The van der Waals surface area contributed by atoms with Crippen LogP contribution < -0.4 is 5.32 Å². The van der Waals surface area contributed by atoms with Crippen LogP contribution >= 0.6 is 11.6 Å². The molecule has 1 aliphatic carbocycles. The van der Waals surface area contributed by atoms with Gasteiger partial charge in [0.25, 0.3) is 5.91 Å². The molecule has 8 heteroatoms. The Bertz CT molecular complexity index is 796. The molecule has 0 bridgehead atoms. The lowest BCUT2D eigenvalue weighted by Crippen LogP contribution is -2.39. The lowest BCUT2D eigenvalue weighted by atomic mass is 9.85. The summed E-state index contributed by atoms with van der Waals surface area (Å²) in [6.07, 6.45) is 3.63. The van der Waals surface area contributed by atoms with Crippen LogP contribution in [-0.4, -0.2) is 41.2 Å². The number of carbonyl (C=O) groups excluding carboxylic acids is 4. The minimum atomic E-state index is -1.11. The van der Waals surface area contributed by atoms with Crippen LogP contribution in [0.2, 0.25) is 5.02 Å². The molecule has 1 N–H and O–H groups in total. The summed E-state index contributed by atoms with van der Waals surface area (Å²) >= 11 is 5.97. The summed E-state index contributed by atoms with van der Waals surface area (Å²) in [6.45, 7) is 0.912. The monoisotopic (exact) mass is 390 g/mol. The molecule has 27 heavy (non-hydrogen) atoms. The Hall–Kier alpha value is -2.67. The van der Waals surface area contributed by atoms with Gasteiger partial charge in [-0.25, -0.2) is 0 Å². The zero-order chi connectivity index (χ0) is 19.6. The zero-order valence-electron chi connectivity index (χ0n) is 14.7. The van der Waals surface area contributed by atoms with E-state index in [1.54, 1.807) is 24.3 Å². The normalized spacial score (nSPS) is 22.4. The first-order valence-electron chi connectivity index (χ1n) is 8.63. The lowest BCUT2D eigenvalue weighted by Gasteiger charge is -2.17. The Morgan fingerprint density at radius 3 is 2.37 bits per heavy atom. The Morgan fingerprint density at radius 2 is 1.78 bits per heavy atom. The SMILES string of the molecule is C[C@H](OC(=O)CN1C(=O)[C@H]2CC=CC[C@@H]2C1=O)C(=O)Nc1ccccc1Cl. The van der Waals surface area contributed by atoms with Crippen LogP contribution in [-0.2, 0) is 23.9 Å². The summed E-state index contributed by atoms with van der Waals surface area (Å²) < 4.78 is 5.08. The van der Waals surface area contributed by atoms with Crippen molar-refractivity contribution in [2.45, 2.75) is 25.9 Å². The summed E-state index contributed by atoms with van der Waals surface area (Å²) in [5, 5.41) is 2.92. The molecule has 7 nitrogen and oxygen atoms in total. The number of hydrogen-bond donors (Lipinski definition) is 1. The number of hydrogen-bond acceptors (Lipinski definition) is 5. The van der Waals surface area contributed by atoms with Crippen molar-refractivity contribution in [3.05, 3.63) is 41.4 Å². The van der Waals surface area contributed by atoms with Crippen molar-refractivity contribution in [1.82, 2.24) is 4.90 Å². The minimum Gasteiger partial charge on any atom is -0.451 e. The Balaban J connectivity index is 1.56. The molecule has 0 unspecified atom stereocenters. The van der Waals surface area contributed by atoms with Crippen LogP contribution in [0.5, 0.6) is 0 Å². The van der Waals surface area contributed by atoms with Crippen LogP contribution in [0, 0.1) is 11.8 Å². The van der Waals surface area contributed by atoms with Crippen LogP contribution in [0.1, 0.15) is 19.8 Å². The number of allylic oxidation sites excluding steroid dienone is 2. The third-order valence-corrected chi connectivity index (χ3v) is 5.02. The number of esters is 1. The van der Waals surface area contributed by atoms with Gasteiger partial charge < -0.3 is 10.1 Å².